The van der Waals surface area contributed by atoms with Gasteiger partial charge in [-0.1, -0.05) is 30.3 Å². The topological polar surface area (TPSA) is 40.6 Å². The van der Waals surface area contributed by atoms with Crippen LogP contribution in [0.3, 0.4) is 0 Å². The van der Waals surface area contributed by atoms with E-state index < -0.39 is 0 Å². The number of carbonyl (C=O) groups excluding carboxylic acids is 2. The molecular weight excluding hydrogens is 312 g/mol. The minimum atomic E-state index is -0.106. The Labute approximate surface area is 148 Å². The molecule has 1 unspecified atom stereocenters. The van der Waals surface area contributed by atoms with Gasteiger partial charge in [-0.25, -0.2) is 0 Å². The van der Waals surface area contributed by atoms with Gasteiger partial charge in [0.1, 0.15) is 0 Å². The second kappa shape index (κ2) is 6.03. The zero-order valence-corrected chi connectivity index (χ0v) is 14.4. The van der Waals surface area contributed by atoms with Gasteiger partial charge in [0.2, 0.25) is 5.91 Å². The van der Waals surface area contributed by atoms with Crippen molar-refractivity contribution in [1.29, 1.82) is 0 Å². The van der Waals surface area contributed by atoms with Crippen molar-refractivity contribution in [2.75, 3.05) is 24.5 Å². The first kappa shape index (κ1) is 15.9. The summed E-state index contributed by atoms with van der Waals surface area (Å²) >= 11 is 0. The normalized spacial score (nSPS) is 22.8. The van der Waals surface area contributed by atoms with Gasteiger partial charge < -0.3 is 9.80 Å². The van der Waals surface area contributed by atoms with Crippen LogP contribution in [0.25, 0.3) is 0 Å². The third-order valence-electron chi connectivity index (χ3n) is 5.38. The summed E-state index contributed by atoms with van der Waals surface area (Å²) in [6.07, 6.45) is 1.42. The molecule has 2 amide bonds. The molecule has 4 heteroatoms. The summed E-state index contributed by atoms with van der Waals surface area (Å²) in [6.45, 7) is 4.13. The molecule has 2 aromatic carbocycles. The van der Waals surface area contributed by atoms with Crippen molar-refractivity contribution in [3.63, 3.8) is 0 Å². The van der Waals surface area contributed by atoms with Crippen LogP contribution in [0.2, 0.25) is 0 Å². The molecule has 4 rings (SSSR count). The van der Waals surface area contributed by atoms with Gasteiger partial charge in [-0.2, -0.15) is 0 Å². The van der Waals surface area contributed by atoms with Crippen LogP contribution in [0.15, 0.2) is 54.6 Å². The summed E-state index contributed by atoms with van der Waals surface area (Å²) in [6, 6.07) is 17.5. The Kier molecular flexibility index (Phi) is 3.83. The fourth-order valence-electron chi connectivity index (χ4n) is 4.07. The van der Waals surface area contributed by atoms with Crippen LogP contribution in [-0.2, 0) is 4.79 Å². The standard InChI is InChI=1S/C21H22N2O2/c1-16-6-5-9-18(12-16)23-15-21(13-19(23)24)10-11-22(14-21)20(25)17-7-3-2-4-8-17/h2-9,12H,10-11,13-15H2,1H3. The highest BCUT2D eigenvalue weighted by Crippen LogP contribution is 2.42. The highest BCUT2D eigenvalue weighted by atomic mass is 16.2. The van der Waals surface area contributed by atoms with Crippen molar-refractivity contribution in [3.8, 4) is 0 Å². The third-order valence-corrected chi connectivity index (χ3v) is 5.38. The number of nitrogens with zero attached hydrogens (tertiary/aromatic N) is 2. The maximum Gasteiger partial charge on any atom is 0.253 e. The van der Waals surface area contributed by atoms with E-state index in [2.05, 4.69) is 6.07 Å². The van der Waals surface area contributed by atoms with E-state index >= 15 is 0 Å². The first-order valence-corrected chi connectivity index (χ1v) is 8.78. The van der Waals surface area contributed by atoms with E-state index in [0.29, 0.717) is 19.5 Å². The average molecular weight is 334 g/mol. The SMILES string of the molecule is Cc1cccc(N2CC3(CCN(C(=O)c4ccccc4)C3)CC2=O)c1. The van der Waals surface area contributed by atoms with Crippen molar-refractivity contribution >= 4 is 17.5 Å². The first-order chi connectivity index (χ1) is 12.1. The number of benzene rings is 2. The Balaban J connectivity index is 1.51. The van der Waals surface area contributed by atoms with Gasteiger partial charge in [-0.15, -0.1) is 0 Å². The van der Waals surface area contributed by atoms with Gasteiger partial charge in [0, 0.05) is 42.7 Å². The lowest BCUT2D eigenvalue weighted by molar-refractivity contribution is -0.117. The van der Waals surface area contributed by atoms with E-state index in [4.69, 9.17) is 0 Å². The maximum absolute atomic E-state index is 12.7. The molecular formula is C21H22N2O2. The number of amides is 2. The number of anilines is 1. The summed E-state index contributed by atoms with van der Waals surface area (Å²) < 4.78 is 0. The summed E-state index contributed by atoms with van der Waals surface area (Å²) in [4.78, 5) is 29.1. The van der Waals surface area contributed by atoms with Crippen LogP contribution in [0.5, 0.6) is 0 Å². The number of aryl methyl sites for hydroxylation is 1. The Morgan fingerprint density at radius 1 is 1.04 bits per heavy atom. The second-order valence-corrected chi connectivity index (χ2v) is 7.34. The van der Waals surface area contributed by atoms with Gasteiger partial charge in [0.25, 0.3) is 5.91 Å². The summed E-state index contributed by atoms with van der Waals surface area (Å²) in [5, 5.41) is 0. The zero-order chi connectivity index (χ0) is 17.4. The lowest BCUT2D eigenvalue weighted by Crippen LogP contribution is -2.34. The molecule has 2 aliphatic rings. The fourth-order valence-corrected chi connectivity index (χ4v) is 4.07. The van der Waals surface area contributed by atoms with E-state index in [9.17, 15) is 9.59 Å². The molecule has 2 aliphatic heterocycles. The van der Waals surface area contributed by atoms with Crippen LogP contribution >= 0.6 is 0 Å². The molecule has 2 fully saturated rings. The summed E-state index contributed by atoms with van der Waals surface area (Å²) in [5.74, 6) is 0.235. The van der Waals surface area contributed by atoms with Gasteiger partial charge >= 0.3 is 0 Å². The van der Waals surface area contributed by atoms with Gasteiger partial charge in [0.15, 0.2) is 0 Å². The summed E-state index contributed by atoms with van der Waals surface area (Å²) in [5.41, 5.74) is 2.73. The molecule has 128 valence electrons. The molecule has 0 aliphatic carbocycles. The quantitative estimate of drug-likeness (QED) is 0.846. The predicted molar refractivity (Wildman–Crippen MR) is 97.5 cm³/mol. The highest BCUT2D eigenvalue weighted by Gasteiger charge is 2.48. The molecule has 1 atom stereocenters. The first-order valence-electron chi connectivity index (χ1n) is 8.78. The highest BCUT2D eigenvalue weighted by molar-refractivity contribution is 5.97. The predicted octanol–water partition coefficient (Wildman–Crippen LogP) is 3.26. The van der Waals surface area contributed by atoms with Crippen molar-refractivity contribution in [3.05, 3.63) is 65.7 Å². The Bertz CT molecular complexity index is 818. The van der Waals surface area contributed by atoms with E-state index in [0.717, 1.165) is 29.8 Å². The van der Waals surface area contributed by atoms with Crippen LogP contribution in [-0.4, -0.2) is 36.3 Å². The van der Waals surface area contributed by atoms with E-state index in [1.54, 1.807) is 0 Å². The zero-order valence-electron chi connectivity index (χ0n) is 14.4. The minimum Gasteiger partial charge on any atom is -0.338 e. The Morgan fingerprint density at radius 3 is 2.60 bits per heavy atom. The van der Waals surface area contributed by atoms with Crippen molar-refractivity contribution in [1.82, 2.24) is 4.90 Å². The average Bonchev–Trinajstić information content (AvgIpc) is 3.18. The van der Waals surface area contributed by atoms with Crippen LogP contribution < -0.4 is 4.90 Å². The maximum atomic E-state index is 12.7. The molecule has 4 nitrogen and oxygen atoms in total. The molecule has 25 heavy (non-hydrogen) atoms. The van der Waals surface area contributed by atoms with Gasteiger partial charge in [-0.3, -0.25) is 9.59 Å². The van der Waals surface area contributed by atoms with Gasteiger partial charge in [-0.05, 0) is 43.2 Å². The molecule has 0 bridgehead atoms. The second-order valence-electron chi connectivity index (χ2n) is 7.34. The largest absolute Gasteiger partial charge is 0.338 e. The van der Waals surface area contributed by atoms with Crippen LogP contribution in [0.4, 0.5) is 5.69 Å². The van der Waals surface area contributed by atoms with Gasteiger partial charge in [0.05, 0.1) is 0 Å². The number of hydrogen-bond acceptors (Lipinski definition) is 2. The fraction of sp³-hybridized carbons (Fsp3) is 0.333. The molecule has 1 spiro atoms. The molecule has 2 heterocycles. The van der Waals surface area contributed by atoms with Crippen molar-refractivity contribution < 1.29 is 9.59 Å². The van der Waals surface area contributed by atoms with Crippen molar-refractivity contribution in [2.45, 2.75) is 19.8 Å². The molecule has 2 aromatic rings. The molecule has 0 saturated carbocycles. The van der Waals surface area contributed by atoms with Crippen molar-refractivity contribution in [2.24, 2.45) is 5.41 Å². The minimum absolute atomic E-state index is 0.0685. The number of hydrogen-bond donors (Lipinski definition) is 0. The molecule has 0 aromatic heterocycles. The number of likely N-dealkylation sites (tertiary alicyclic amines) is 1. The number of rotatable bonds is 2. The van der Waals surface area contributed by atoms with E-state index in [1.165, 1.54) is 0 Å². The number of carbonyl (C=O) groups is 2. The van der Waals surface area contributed by atoms with E-state index in [-0.39, 0.29) is 17.2 Å². The lowest BCUT2D eigenvalue weighted by atomic mass is 9.86. The summed E-state index contributed by atoms with van der Waals surface area (Å²) in [7, 11) is 0. The lowest BCUT2D eigenvalue weighted by Gasteiger charge is -2.24. The van der Waals surface area contributed by atoms with E-state index in [1.807, 2.05) is 65.3 Å². The van der Waals surface area contributed by atoms with Crippen LogP contribution in [0.1, 0.15) is 28.8 Å². The Morgan fingerprint density at radius 2 is 1.84 bits per heavy atom. The monoisotopic (exact) mass is 334 g/mol. The Hall–Kier alpha value is -2.62. The third kappa shape index (κ3) is 2.93. The van der Waals surface area contributed by atoms with Crippen LogP contribution in [0, 0.1) is 12.3 Å². The molecule has 0 radical (unpaired) electrons. The smallest absolute Gasteiger partial charge is 0.253 e. The molecule has 0 N–H and O–H groups in total. The molecule has 2 saturated heterocycles.